The third-order valence-corrected chi connectivity index (χ3v) is 6.34. The zero-order chi connectivity index (χ0) is 23.1. The number of carbonyl (C=O) groups is 3. The van der Waals surface area contributed by atoms with Gasteiger partial charge in [-0.2, -0.15) is 0 Å². The van der Waals surface area contributed by atoms with E-state index in [0.29, 0.717) is 5.69 Å². The molecule has 174 valence electrons. The SMILES string of the molecule is COC(=O)CCNC(=O)[C@@H]1O[PH](O)(N[C@H](C)C(=O)OCc2cnccn2)OCC1(C)C. The molecule has 0 bridgehead atoms. The molecule has 1 aromatic rings. The Balaban J connectivity index is 1.93. The topological polar surface area (TPSA) is 158 Å². The van der Waals surface area contributed by atoms with Crippen molar-refractivity contribution in [2.24, 2.45) is 5.41 Å². The first-order valence-corrected chi connectivity index (χ1v) is 11.4. The van der Waals surface area contributed by atoms with Gasteiger partial charge in [-0.15, -0.1) is 0 Å². The van der Waals surface area contributed by atoms with Crippen LogP contribution in [0.4, 0.5) is 0 Å². The summed E-state index contributed by atoms with van der Waals surface area (Å²) < 4.78 is 20.8. The van der Waals surface area contributed by atoms with Gasteiger partial charge in [0.05, 0.1) is 0 Å². The summed E-state index contributed by atoms with van der Waals surface area (Å²) in [7, 11) is -2.83. The molecule has 1 amide bonds. The fraction of sp³-hybridized carbons (Fsp3) is 0.611. The molecule has 1 aromatic heterocycles. The van der Waals surface area contributed by atoms with E-state index in [1.54, 1.807) is 13.8 Å². The molecule has 0 unspecified atom stereocenters. The van der Waals surface area contributed by atoms with Crippen LogP contribution in [-0.2, 0) is 39.5 Å². The molecule has 0 aromatic carbocycles. The third kappa shape index (κ3) is 7.44. The number of nitrogens with zero attached hydrogens (tertiary/aromatic N) is 2. The van der Waals surface area contributed by atoms with Crippen molar-refractivity contribution in [3.05, 3.63) is 24.3 Å². The molecule has 1 fully saturated rings. The predicted molar refractivity (Wildman–Crippen MR) is 109 cm³/mol. The molecule has 1 aliphatic heterocycles. The van der Waals surface area contributed by atoms with Gasteiger partial charge >= 0.3 is 180 Å². The molecule has 12 nitrogen and oxygen atoms in total. The van der Waals surface area contributed by atoms with Gasteiger partial charge in [0.2, 0.25) is 0 Å². The number of methoxy groups -OCH3 is 1. The van der Waals surface area contributed by atoms with E-state index in [1.165, 1.54) is 32.6 Å². The van der Waals surface area contributed by atoms with Crippen molar-refractivity contribution >= 4 is 25.9 Å². The molecule has 0 saturated carbocycles. The van der Waals surface area contributed by atoms with Crippen molar-refractivity contribution in [3.63, 3.8) is 0 Å². The molecule has 3 N–H and O–H groups in total. The zero-order valence-corrected chi connectivity index (χ0v) is 18.9. The second-order valence-electron chi connectivity index (χ2n) is 7.64. The molecule has 2 rings (SSSR count). The van der Waals surface area contributed by atoms with Gasteiger partial charge in [-0.3, -0.25) is 0 Å². The number of hydrogen-bond donors (Lipinski definition) is 3. The Morgan fingerprint density at radius 3 is 2.77 bits per heavy atom. The Labute approximate surface area is 180 Å². The van der Waals surface area contributed by atoms with E-state index in [1.807, 2.05) is 0 Å². The molecule has 31 heavy (non-hydrogen) atoms. The van der Waals surface area contributed by atoms with E-state index in [2.05, 4.69) is 25.1 Å². The average Bonchev–Trinajstić information content (AvgIpc) is 2.74. The van der Waals surface area contributed by atoms with Crippen molar-refractivity contribution in [2.75, 3.05) is 20.3 Å². The first-order chi connectivity index (χ1) is 14.6. The summed E-state index contributed by atoms with van der Waals surface area (Å²) in [5, 5.41) is 5.21. The van der Waals surface area contributed by atoms with Gasteiger partial charge < -0.3 is 0 Å². The summed E-state index contributed by atoms with van der Waals surface area (Å²) in [5.41, 5.74) is -0.291. The number of hydrogen-bond acceptors (Lipinski definition) is 11. The van der Waals surface area contributed by atoms with Crippen LogP contribution in [0.2, 0.25) is 0 Å². The number of aromatic nitrogens is 2. The van der Waals surface area contributed by atoms with Crippen LogP contribution in [-0.4, -0.2) is 65.1 Å². The van der Waals surface area contributed by atoms with Crippen LogP contribution in [0.5, 0.6) is 0 Å². The molecular weight excluding hydrogens is 431 g/mol. The van der Waals surface area contributed by atoms with Crippen LogP contribution in [0.3, 0.4) is 0 Å². The number of carbonyl (C=O) groups excluding carboxylic acids is 3. The summed E-state index contributed by atoms with van der Waals surface area (Å²) in [5.74, 6) is -1.64. The molecule has 0 aliphatic carbocycles. The Bertz CT molecular complexity index is 781. The number of amides is 1. The van der Waals surface area contributed by atoms with Gasteiger partial charge in [-0.1, -0.05) is 0 Å². The second kappa shape index (κ2) is 10.9. The van der Waals surface area contributed by atoms with Gasteiger partial charge in [0.1, 0.15) is 0 Å². The van der Waals surface area contributed by atoms with E-state index in [0.717, 1.165) is 0 Å². The predicted octanol–water partition coefficient (Wildman–Crippen LogP) is 0.0210. The number of rotatable bonds is 9. The van der Waals surface area contributed by atoms with Crippen LogP contribution in [0.1, 0.15) is 32.9 Å². The summed E-state index contributed by atoms with van der Waals surface area (Å²) in [4.78, 5) is 54.7. The monoisotopic (exact) mass is 460 g/mol. The molecule has 1 aliphatic rings. The Morgan fingerprint density at radius 1 is 1.39 bits per heavy atom. The molecule has 1 saturated heterocycles. The normalized spacial score (nSPS) is 21.4. The number of nitrogens with one attached hydrogen (secondary N) is 2. The van der Waals surface area contributed by atoms with Crippen molar-refractivity contribution in [1.29, 1.82) is 0 Å². The van der Waals surface area contributed by atoms with E-state index in [-0.39, 0.29) is 26.2 Å². The molecule has 0 radical (unpaired) electrons. The standard InChI is InChI=1S/C18H29N4O8P/c1-12(17(25)28-10-13-9-19-7-8-20-13)22-31(26)29-11-18(2,3)15(30-31)16(24)21-6-5-14(23)27-4/h7-9,12,15,22,26,31H,5-6,10-11H2,1-4H3,(H,21,24)/t12-,15+/m1/s1. The molecule has 13 heteroatoms. The van der Waals surface area contributed by atoms with Crippen molar-refractivity contribution < 1.29 is 37.8 Å². The quantitative estimate of drug-likeness (QED) is 0.337. The van der Waals surface area contributed by atoms with Crippen LogP contribution >= 0.6 is 8.09 Å². The zero-order valence-electron chi connectivity index (χ0n) is 17.9. The Hall–Kier alpha value is -2.24. The van der Waals surface area contributed by atoms with E-state index in [9.17, 15) is 19.3 Å². The van der Waals surface area contributed by atoms with Crippen LogP contribution in [0.15, 0.2) is 18.6 Å². The van der Waals surface area contributed by atoms with E-state index < -0.39 is 43.5 Å². The third-order valence-electron chi connectivity index (χ3n) is 4.45. The van der Waals surface area contributed by atoms with Gasteiger partial charge in [0.15, 0.2) is 0 Å². The van der Waals surface area contributed by atoms with Crippen molar-refractivity contribution in [1.82, 2.24) is 20.4 Å². The molecular formula is C18H29N4O8P. The molecule has 0 spiro atoms. The minimum atomic E-state index is -4.08. The number of esters is 2. The molecule has 2 heterocycles. The van der Waals surface area contributed by atoms with Crippen LogP contribution in [0, 0.1) is 5.41 Å². The van der Waals surface area contributed by atoms with Crippen LogP contribution in [0.25, 0.3) is 0 Å². The van der Waals surface area contributed by atoms with Crippen molar-refractivity contribution in [3.8, 4) is 0 Å². The fourth-order valence-electron chi connectivity index (χ4n) is 2.69. The summed E-state index contributed by atoms with van der Waals surface area (Å²) in [6, 6.07) is -0.974. The fourth-order valence-corrected chi connectivity index (χ4v) is 4.88. The first kappa shape index (κ1) is 25.0. The van der Waals surface area contributed by atoms with Gasteiger partial charge in [0.25, 0.3) is 0 Å². The summed E-state index contributed by atoms with van der Waals surface area (Å²) in [6.45, 7) is 4.94. The van der Waals surface area contributed by atoms with Crippen LogP contribution < -0.4 is 10.4 Å². The van der Waals surface area contributed by atoms with E-state index >= 15 is 0 Å². The van der Waals surface area contributed by atoms with E-state index in [4.69, 9.17) is 13.8 Å². The summed E-state index contributed by atoms with van der Waals surface area (Å²) in [6.07, 6.45) is 3.37. The van der Waals surface area contributed by atoms with Crippen molar-refractivity contribution in [2.45, 2.75) is 45.9 Å². The van der Waals surface area contributed by atoms with Gasteiger partial charge in [0, 0.05) is 0 Å². The number of ether oxygens (including phenoxy) is 2. The maximum absolute atomic E-state index is 12.6. The molecule has 2 atom stereocenters. The van der Waals surface area contributed by atoms with Gasteiger partial charge in [-0.25, -0.2) is 0 Å². The maximum atomic E-state index is 12.6. The average molecular weight is 460 g/mol. The Kier molecular flexibility index (Phi) is 8.78. The minimum absolute atomic E-state index is 0.000497. The summed E-state index contributed by atoms with van der Waals surface area (Å²) >= 11 is 0. The second-order valence-corrected chi connectivity index (χ2v) is 9.62. The first-order valence-electron chi connectivity index (χ1n) is 9.64. The Morgan fingerprint density at radius 2 is 2.13 bits per heavy atom. The van der Waals surface area contributed by atoms with Gasteiger partial charge in [-0.05, 0) is 0 Å².